The molecule has 154 valence electrons. The van der Waals surface area contributed by atoms with Crippen molar-refractivity contribution in [3.8, 4) is 0 Å². The molecule has 1 saturated heterocycles. The van der Waals surface area contributed by atoms with Gasteiger partial charge in [0, 0.05) is 43.6 Å². The molecule has 1 fully saturated rings. The average molecular weight is 425 g/mol. The van der Waals surface area contributed by atoms with Crippen LogP contribution in [0.15, 0.2) is 54.1 Å². The van der Waals surface area contributed by atoms with Crippen molar-refractivity contribution in [2.75, 3.05) is 31.1 Å². The van der Waals surface area contributed by atoms with E-state index in [1.54, 1.807) is 17.8 Å². The Bertz CT molecular complexity index is 1000. The molecular weight excluding hydrogens is 406 g/mol. The van der Waals surface area contributed by atoms with Gasteiger partial charge in [0.1, 0.15) is 18.3 Å². The van der Waals surface area contributed by atoms with Gasteiger partial charge < -0.3 is 9.80 Å². The van der Waals surface area contributed by atoms with E-state index in [9.17, 15) is 14.9 Å². The number of aromatic nitrogens is 4. The highest BCUT2D eigenvalue weighted by molar-refractivity contribution is 7.98. The van der Waals surface area contributed by atoms with Crippen molar-refractivity contribution in [1.82, 2.24) is 25.1 Å². The summed E-state index contributed by atoms with van der Waals surface area (Å²) in [5.41, 5.74) is 1.72. The average Bonchev–Trinajstić information content (AvgIpc) is 3.31. The van der Waals surface area contributed by atoms with E-state index in [-0.39, 0.29) is 11.6 Å². The number of pyridine rings is 1. The van der Waals surface area contributed by atoms with Crippen LogP contribution in [-0.4, -0.2) is 62.1 Å². The van der Waals surface area contributed by atoms with Gasteiger partial charge in [-0.15, -0.1) is 0 Å². The van der Waals surface area contributed by atoms with Crippen molar-refractivity contribution >= 4 is 29.2 Å². The number of nitrogens with zero attached hydrogens (tertiary/aromatic N) is 6. The first kappa shape index (κ1) is 19.8. The number of benzene rings is 1. The quantitative estimate of drug-likeness (QED) is 0.363. The van der Waals surface area contributed by atoms with Crippen molar-refractivity contribution in [2.24, 2.45) is 0 Å². The SMILES string of the molecule is O=C(c1ccc(CSc2ncn[nH]2)cc1)N1CCN(c2ccc([N+](=O)[O-])cn2)CC1. The Labute approximate surface area is 176 Å². The molecular formula is C19H19N7O3S. The summed E-state index contributed by atoms with van der Waals surface area (Å²) < 4.78 is 0. The lowest BCUT2D eigenvalue weighted by Gasteiger charge is -2.35. The molecule has 1 aliphatic heterocycles. The van der Waals surface area contributed by atoms with Gasteiger partial charge in [-0.2, -0.15) is 5.10 Å². The summed E-state index contributed by atoms with van der Waals surface area (Å²) in [6.45, 7) is 2.39. The van der Waals surface area contributed by atoms with Gasteiger partial charge in [-0.1, -0.05) is 23.9 Å². The lowest BCUT2D eigenvalue weighted by Crippen LogP contribution is -2.49. The Hall–Kier alpha value is -3.47. The highest BCUT2D eigenvalue weighted by Gasteiger charge is 2.23. The Morgan fingerprint density at radius 2 is 1.87 bits per heavy atom. The van der Waals surface area contributed by atoms with Crippen molar-refractivity contribution in [2.45, 2.75) is 10.9 Å². The molecule has 3 aromatic rings. The predicted molar refractivity (Wildman–Crippen MR) is 111 cm³/mol. The van der Waals surface area contributed by atoms with Crippen LogP contribution in [0.2, 0.25) is 0 Å². The summed E-state index contributed by atoms with van der Waals surface area (Å²) >= 11 is 1.55. The zero-order valence-corrected chi connectivity index (χ0v) is 16.8. The molecule has 2 aromatic heterocycles. The number of piperazine rings is 1. The number of carbonyl (C=O) groups is 1. The van der Waals surface area contributed by atoms with Gasteiger partial charge in [0.25, 0.3) is 11.6 Å². The molecule has 11 heteroatoms. The molecule has 0 radical (unpaired) electrons. The maximum Gasteiger partial charge on any atom is 0.287 e. The standard InChI is InChI=1S/C19H19N7O3S/c27-18(15-3-1-14(2-4-15)12-30-19-21-13-22-23-19)25-9-7-24(8-10-25)17-6-5-16(11-20-17)26(28)29/h1-6,11,13H,7-10,12H2,(H,21,22,23). The number of anilines is 1. The van der Waals surface area contributed by atoms with Crippen LogP contribution in [-0.2, 0) is 5.75 Å². The Morgan fingerprint density at radius 3 is 2.47 bits per heavy atom. The largest absolute Gasteiger partial charge is 0.353 e. The smallest absolute Gasteiger partial charge is 0.287 e. The van der Waals surface area contributed by atoms with Crippen LogP contribution >= 0.6 is 11.8 Å². The number of aromatic amines is 1. The zero-order chi connectivity index (χ0) is 20.9. The minimum atomic E-state index is -0.467. The fourth-order valence-electron chi connectivity index (χ4n) is 3.15. The summed E-state index contributed by atoms with van der Waals surface area (Å²) in [7, 11) is 0. The van der Waals surface area contributed by atoms with Crippen LogP contribution in [0.25, 0.3) is 0 Å². The summed E-state index contributed by atoms with van der Waals surface area (Å²) in [6.07, 6.45) is 2.73. The first-order chi connectivity index (χ1) is 14.6. The molecule has 1 aliphatic rings. The van der Waals surface area contributed by atoms with Crippen LogP contribution in [0.4, 0.5) is 11.5 Å². The minimum absolute atomic E-state index is 0.000691. The number of nitrogens with one attached hydrogen (secondary N) is 1. The highest BCUT2D eigenvalue weighted by atomic mass is 32.2. The zero-order valence-electron chi connectivity index (χ0n) is 16.0. The number of H-pyrrole nitrogens is 1. The maximum absolute atomic E-state index is 12.8. The predicted octanol–water partition coefficient (Wildman–Crippen LogP) is 2.36. The van der Waals surface area contributed by atoms with Crippen molar-refractivity contribution < 1.29 is 9.72 Å². The molecule has 1 amide bonds. The van der Waals surface area contributed by atoms with Gasteiger partial charge in [-0.05, 0) is 23.8 Å². The molecule has 1 N–H and O–H groups in total. The topological polar surface area (TPSA) is 121 Å². The third kappa shape index (κ3) is 4.57. The highest BCUT2D eigenvalue weighted by Crippen LogP contribution is 2.20. The summed E-state index contributed by atoms with van der Waals surface area (Å²) in [6, 6.07) is 10.7. The Morgan fingerprint density at radius 1 is 1.10 bits per heavy atom. The number of carbonyl (C=O) groups excluding carboxylic acids is 1. The van der Waals surface area contributed by atoms with Gasteiger partial charge in [-0.25, -0.2) is 9.97 Å². The molecule has 0 spiro atoms. The van der Waals surface area contributed by atoms with Crippen molar-refractivity contribution in [1.29, 1.82) is 0 Å². The van der Waals surface area contributed by atoms with Gasteiger partial charge >= 0.3 is 0 Å². The molecule has 0 saturated carbocycles. The number of thioether (sulfide) groups is 1. The summed E-state index contributed by atoms with van der Waals surface area (Å²) in [5, 5.41) is 18.1. The van der Waals surface area contributed by atoms with Crippen molar-refractivity contribution in [3.05, 3.63) is 70.2 Å². The molecule has 0 aliphatic carbocycles. The van der Waals surface area contributed by atoms with Crippen LogP contribution in [0.1, 0.15) is 15.9 Å². The molecule has 30 heavy (non-hydrogen) atoms. The molecule has 1 aromatic carbocycles. The molecule has 0 unspecified atom stereocenters. The lowest BCUT2D eigenvalue weighted by molar-refractivity contribution is -0.385. The second kappa shape index (κ2) is 8.91. The number of amides is 1. The van der Waals surface area contributed by atoms with E-state index in [4.69, 9.17) is 0 Å². The van der Waals surface area contributed by atoms with Gasteiger partial charge in [0.05, 0.1) is 4.92 Å². The minimum Gasteiger partial charge on any atom is -0.353 e. The third-order valence-electron chi connectivity index (χ3n) is 4.80. The Balaban J connectivity index is 1.30. The number of hydrogen-bond donors (Lipinski definition) is 1. The second-order valence-electron chi connectivity index (χ2n) is 6.69. The third-order valence-corrected chi connectivity index (χ3v) is 5.75. The molecule has 0 atom stereocenters. The van der Waals surface area contributed by atoms with E-state index in [1.165, 1.54) is 18.6 Å². The van der Waals surface area contributed by atoms with Gasteiger partial charge in [0.2, 0.25) is 0 Å². The number of hydrogen-bond acceptors (Lipinski definition) is 8. The van der Waals surface area contributed by atoms with E-state index in [2.05, 4.69) is 20.2 Å². The molecule has 3 heterocycles. The Kier molecular flexibility index (Phi) is 5.89. The molecule has 0 bridgehead atoms. The molecule has 10 nitrogen and oxygen atoms in total. The van der Waals surface area contributed by atoms with E-state index < -0.39 is 4.92 Å². The van der Waals surface area contributed by atoms with E-state index in [0.717, 1.165) is 16.5 Å². The first-order valence-electron chi connectivity index (χ1n) is 9.32. The fraction of sp³-hybridized carbons (Fsp3) is 0.263. The fourth-order valence-corrected chi connectivity index (χ4v) is 3.89. The van der Waals surface area contributed by atoms with Crippen LogP contribution in [0, 0.1) is 10.1 Å². The van der Waals surface area contributed by atoms with Gasteiger partial charge in [-0.3, -0.25) is 20.0 Å². The number of nitro groups is 1. The van der Waals surface area contributed by atoms with E-state index in [1.807, 2.05) is 34.1 Å². The normalized spacial score (nSPS) is 14.0. The molecule has 4 rings (SSSR count). The monoisotopic (exact) mass is 425 g/mol. The lowest BCUT2D eigenvalue weighted by atomic mass is 10.1. The van der Waals surface area contributed by atoms with Crippen LogP contribution in [0.5, 0.6) is 0 Å². The maximum atomic E-state index is 12.8. The second-order valence-corrected chi connectivity index (χ2v) is 7.65. The van der Waals surface area contributed by atoms with Gasteiger partial charge in [0.15, 0.2) is 5.16 Å². The van der Waals surface area contributed by atoms with Crippen molar-refractivity contribution in [3.63, 3.8) is 0 Å². The summed E-state index contributed by atoms with van der Waals surface area (Å²) in [5.74, 6) is 1.42. The van der Waals surface area contributed by atoms with Crippen LogP contribution < -0.4 is 4.90 Å². The van der Waals surface area contributed by atoms with Crippen LogP contribution in [0.3, 0.4) is 0 Å². The first-order valence-corrected chi connectivity index (χ1v) is 10.3. The van der Waals surface area contributed by atoms with E-state index in [0.29, 0.717) is 37.6 Å². The number of rotatable bonds is 6. The summed E-state index contributed by atoms with van der Waals surface area (Å²) in [4.78, 5) is 35.2. The van der Waals surface area contributed by atoms with E-state index >= 15 is 0 Å².